The first-order valence-electron chi connectivity index (χ1n) is 5.97. The van der Waals surface area contributed by atoms with Crippen molar-refractivity contribution >= 4 is 23.3 Å². The van der Waals surface area contributed by atoms with Gasteiger partial charge in [0, 0.05) is 11.1 Å². The molecule has 0 aliphatic rings. The smallest absolute Gasteiger partial charge is 0.356 e. The summed E-state index contributed by atoms with van der Waals surface area (Å²) in [5.74, 6) is -0.00930. The van der Waals surface area contributed by atoms with Crippen LogP contribution in [0.2, 0.25) is 5.02 Å². The van der Waals surface area contributed by atoms with Crippen molar-refractivity contribution in [3.63, 3.8) is 0 Å². The van der Waals surface area contributed by atoms with E-state index in [0.717, 1.165) is 0 Å². The third kappa shape index (κ3) is 3.03. The van der Waals surface area contributed by atoms with Crippen LogP contribution in [0.4, 0.5) is 5.69 Å². The molecule has 0 atom stereocenters. The third-order valence-corrected chi connectivity index (χ3v) is 3.25. The molecule has 0 saturated heterocycles. The van der Waals surface area contributed by atoms with Crippen LogP contribution in [-0.4, -0.2) is 27.6 Å². The number of hydrogen-bond acceptors (Lipinski definition) is 5. The quantitative estimate of drug-likeness (QED) is 0.492. The Kier molecular flexibility index (Phi) is 4.23. The minimum Gasteiger partial charge on any atom is -0.464 e. The molecule has 0 spiro atoms. The third-order valence-electron chi connectivity index (χ3n) is 3.02. The van der Waals surface area contributed by atoms with Crippen LogP contribution in [0.15, 0.2) is 24.4 Å². The molecule has 0 unspecified atom stereocenters. The van der Waals surface area contributed by atoms with Crippen molar-refractivity contribution in [3.05, 3.63) is 56.6 Å². The van der Waals surface area contributed by atoms with Crippen molar-refractivity contribution in [1.29, 1.82) is 0 Å². The van der Waals surface area contributed by atoms with Gasteiger partial charge in [0.1, 0.15) is 11.5 Å². The molecule has 2 aromatic rings. The zero-order valence-corrected chi connectivity index (χ0v) is 12.1. The number of nitro groups is 1. The van der Waals surface area contributed by atoms with Crippen LogP contribution in [0, 0.1) is 17.0 Å². The largest absolute Gasteiger partial charge is 0.464 e. The lowest BCUT2D eigenvalue weighted by molar-refractivity contribution is -0.385. The Morgan fingerprint density at radius 2 is 2.24 bits per heavy atom. The molecule has 8 heteroatoms. The van der Waals surface area contributed by atoms with Crippen molar-refractivity contribution in [2.24, 2.45) is 0 Å². The molecule has 1 aromatic carbocycles. The number of nitrogens with zero attached hydrogens (tertiary/aromatic N) is 3. The molecule has 0 radical (unpaired) electrons. The number of hydrogen-bond donors (Lipinski definition) is 0. The Labute approximate surface area is 125 Å². The van der Waals surface area contributed by atoms with Crippen LogP contribution in [0.1, 0.15) is 21.9 Å². The highest BCUT2D eigenvalue weighted by molar-refractivity contribution is 6.30. The number of rotatable bonds is 4. The summed E-state index contributed by atoms with van der Waals surface area (Å²) in [5, 5.41) is 11.4. The lowest BCUT2D eigenvalue weighted by Gasteiger charge is -2.10. The van der Waals surface area contributed by atoms with Gasteiger partial charge in [0.15, 0.2) is 0 Å². The average Bonchev–Trinajstić information content (AvgIpc) is 2.79. The molecule has 0 saturated carbocycles. The molecule has 2 rings (SSSR count). The molecule has 0 aliphatic carbocycles. The summed E-state index contributed by atoms with van der Waals surface area (Å²) in [7, 11) is 1.26. The zero-order chi connectivity index (χ0) is 15.6. The maximum atomic E-state index is 11.7. The van der Waals surface area contributed by atoms with Crippen LogP contribution >= 0.6 is 11.6 Å². The summed E-state index contributed by atoms with van der Waals surface area (Å²) in [4.78, 5) is 26.3. The fourth-order valence-corrected chi connectivity index (χ4v) is 2.16. The van der Waals surface area contributed by atoms with E-state index in [2.05, 4.69) is 9.72 Å². The van der Waals surface area contributed by atoms with E-state index in [9.17, 15) is 14.9 Å². The Hall–Kier alpha value is -2.41. The highest BCUT2D eigenvalue weighted by atomic mass is 35.5. The molecule has 21 heavy (non-hydrogen) atoms. The van der Waals surface area contributed by atoms with Crippen LogP contribution in [0.25, 0.3) is 0 Å². The second-order valence-corrected chi connectivity index (χ2v) is 4.73. The number of ether oxygens (including phenoxy) is 1. The highest BCUT2D eigenvalue weighted by Gasteiger charge is 2.19. The van der Waals surface area contributed by atoms with Gasteiger partial charge in [-0.15, -0.1) is 0 Å². The second-order valence-electron chi connectivity index (χ2n) is 4.30. The van der Waals surface area contributed by atoms with Gasteiger partial charge in [0.05, 0.1) is 30.3 Å². The zero-order valence-electron chi connectivity index (χ0n) is 11.4. The van der Waals surface area contributed by atoms with Gasteiger partial charge < -0.3 is 9.30 Å². The number of imidazole rings is 1. The first kappa shape index (κ1) is 15.0. The van der Waals surface area contributed by atoms with Gasteiger partial charge >= 0.3 is 5.97 Å². The van der Waals surface area contributed by atoms with E-state index in [1.165, 1.54) is 31.5 Å². The first-order valence-corrected chi connectivity index (χ1v) is 6.35. The first-order chi connectivity index (χ1) is 9.93. The lowest BCUT2D eigenvalue weighted by atomic mass is 10.1. The molecule has 1 heterocycles. The fraction of sp³-hybridized carbons (Fsp3) is 0.231. The number of aromatic nitrogens is 2. The van der Waals surface area contributed by atoms with Crippen molar-refractivity contribution in [2.45, 2.75) is 13.5 Å². The molecule has 7 nitrogen and oxygen atoms in total. The summed E-state index contributed by atoms with van der Waals surface area (Å²) in [5.41, 5.74) is 0.548. The van der Waals surface area contributed by atoms with E-state index in [4.69, 9.17) is 11.6 Å². The average molecular weight is 310 g/mol. The van der Waals surface area contributed by atoms with E-state index in [1.54, 1.807) is 11.5 Å². The SMILES string of the molecule is COC(=O)c1cnc(C)n1Cc1cc(Cl)ccc1[N+](=O)[O-]. The molecule has 110 valence electrons. The van der Waals surface area contributed by atoms with Gasteiger partial charge in [-0.2, -0.15) is 0 Å². The Morgan fingerprint density at radius 1 is 1.52 bits per heavy atom. The van der Waals surface area contributed by atoms with Crippen LogP contribution in [0.3, 0.4) is 0 Å². The Balaban J connectivity index is 2.48. The molecular formula is C13H12ClN3O4. The van der Waals surface area contributed by atoms with E-state index >= 15 is 0 Å². The number of carbonyl (C=O) groups excluding carboxylic acids is 1. The summed E-state index contributed by atoms with van der Waals surface area (Å²) in [6.07, 6.45) is 1.37. The minimum atomic E-state index is -0.555. The number of carbonyl (C=O) groups is 1. The molecular weight excluding hydrogens is 298 g/mol. The van der Waals surface area contributed by atoms with E-state index in [-0.39, 0.29) is 17.9 Å². The monoisotopic (exact) mass is 309 g/mol. The normalized spacial score (nSPS) is 10.4. The maximum Gasteiger partial charge on any atom is 0.356 e. The standard InChI is InChI=1S/C13H12ClN3O4/c1-8-15-6-12(13(18)21-2)16(8)7-9-5-10(14)3-4-11(9)17(19)20/h3-6H,7H2,1-2H3. The number of nitro benzene ring substituents is 1. The highest BCUT2D eigenvalue weighted by Crippen LogP contribution is 2.24. The molecule has 0 aliphatic heterocycles. The van der Waals surface area contributed by atoms with Crippen molar-refractivity contribution in [3.8, 4) is 0 Å². The summed E-state index contributed by atoms with van der Waals surface area (Å²) in [6.45, 7) is 1.80. The van der Waals surface area contributed by atoms with Crippen LogP contribution in [0.5, 0.6) is 0 Å². The van der Waals surface area contributed by atoms with Crippen LogP contribution < -0.4 is 0 Å². The summed E-state index contributed by atoms with van der Waals surface area (Å²) >= 11 is 5.89. The van der Waals surface area contributed by atoms with E-state index in [1.807, 2.05) is 0 Å². The summed E-state index contributed by atoms with van der Waals surface area (Å²) < 4.78 is 6.22. The van der Waals surface area contributed by atoms with Gasteiger partial charge in [0.2, 0.25) is 0 Å². The number of halogens is 1. The lowest BCUT2D eigenvalue weighted by Crippen LogP contribution is -2.13. The predicted molar refractivity (Wildman–Crippen MR) is 75.5 cm³/mol. The molecule has 0 amide bonds. The van der Waals surface area contributed by atoms with Gasteiger partial charge in [0.25, 0.3) is 5.69 Å². The van der Waals surface area contributed by atoms with Crippen molar-refractivity contribution < 1.29 is 14.5 Å². The topological polar surface area (TPSA) is 87.3 Å². The molecule has 0 N–H and O–H groups in total. The molecule has 1 aromatic heterocycles. The molecule has 0 bridgehead atoms. The summed E-state index contributed by atoms with van der Waals surface area (Å²) in [6, 6.07) is 4.28. The van der Waals surface area contributed by atoms with E-state index < -0.39 is 10.9 Å². The maximum absolute atomic E-state index is 11.7. The van der Waals surface area contributed by atoms with Gasteiger partial charge in [-0.05, 0) is 19.1 Å². The van der Waals surface area contributed by atoms with Crippen molar-refractivity contribution in [1.82, 2.24) is 9.55 Å². The van der Waals surface area contributed by atoms with Gasteiger partial charge in [-0.3, -0.25) is 10.1 Å². The fourth-order valence-electron chi connectivity index (χ4n) is 1.96. The Morgan fingerprint density at radius 3 is 2.86 bits per heavy atom. The number of benzene rings is 1. The minimum absolute atomic E-state index is 0.0664. The van der Waals surface area contributed by atoms with Gasteiger partial charge in [-0.1, -0.05) is 11.6 Å². The van der Waals surface area contributed by atoms with Crippen molar-refractivity contribution in [2.75, 3.05) is 7.11 Å². The second kappa shape index (κ2) is 5.92. The van der Waals surface area contributed by atoms with Crippen LogP contribution in [-0.2, 0) is 11.3 Å². The number of methoxy groups -OCH3 is 1. The number of esters is 1. The Bertz CT molecular complexity index is 711. The van der Waals surface area contributed by atoms with Gasteiger partial charge in [-0.25, -0.2) is 9.78 Å². The number of aryl methyl sites for hydroxylation is 1. The molecule has 0 fully saturated rings. The predicted octanol–water partition coefficient (Wildman–Crippen LogP) is 2.59. The van der Waals surface area contributed by atoms with E-state index in [0.29, 0.717) is 16.4 Å².